The lowest BCUT2D eigenvalue weighted by atomic mass is 9.94. The molecule has 18 heavy (non-hydrogen) atoms. The summed E-state index contributed by atoms with van der Waals surface area (Å²) < 4.78 is 11.1. The number of ether oxygens (including phenoxy) is 2. The molecule has 0 radical (unpaired) electrons. The van der Waals surface area contributed by atoms with Gasteiger partial charge in [-0.15, -0.1) is 0 Å². The minimum Gasteiger partial charge on any atom is -0.493 e. The second-order valence-corrected chi connectivity index (χ2v) is 5.61. The van der Waals surface area contributed by atoms with E-state index in [1.807, 2.05) is 18.8 Å². The standard InChI is InChI=1S/C14H21NO2S/c1-9-7-12(16-3)14(17-4)13-10(9)8-18-6-5-11(13)15-2/h7,11,15H,5-6,8H2,1-4H3. The molecule has 0 saturated carbocycles. The maximum atomic E-state index is 5.60. The van der Waals surface area contributed by atoms with Crippen molar-refractivity contribution in [2.45, 2.75) is 25.1 Å². The van der Waals surface area contributed by atoms with Crippen LogP contribution >= 0.6 is 11.8 Å². The second kappa shape index (κ2) is 5.85. The number of nitrogens with one attached hydrogen (secondary N) is 1. The van der Waals surface area contributed by atoms with E-state index < -0.39 is 0 Å². The molecule has 3 nitrogen and oxygen atoms in total. The molecule has 1 aliphatic rings. The van der Waals surface area contributed by atoms with Gasteiger partial charge in [0.15, 0.2) is 11.5 Å². The minimum atomic E-state index is 0.346. The van der Waals surface area contributed by atoms with Gasteiger partial charge in [0.25, 0.3) is 0 Å². The van der Waals surface area contributed by atoms with Crippen molar-refractivity contribution in [2.75, 3.05) is 27.0 Å². The predicted molar refractivity (Wildman–Crippen MR) is 76.9 cm³/mol. The third kappa shape index (κ3) is 2.31. The van der Waals surface area contributed by atoms with Gasteiger partial charge in [0, 0.05) is 17.4 Å². The number of benzene rings is 1. The van der Waals surface area contributed by atoms with Gasteiger partial charge in [-0.3, -0.25) is 0 Å². The summed E-state index contributed by atoms with van der Waals surface area (Å²) in [5, 5.41) is 3.40. The highest BCUT2D eigenvalue weighted by molar-refractivity contribution is 7.98. The van der Waals surface area contributed by atoms with Gasteiger partial charge in [0.1, 0.15) is 0 Å². The Morgan fingerprint density at radius 1 is 1.33 bits per heavy atom. The highest BCUT2D eigenvalue weighted by atomic mass is 32.2. The van der Waals surface area contributed by atoms with Gasteiger partial charge in [0.05, 0.1) is 14.2 Å². The Hall–Kier alpha value is -0.870. The molecular formula is C14H21NO2S. The third-order valence-electron chi connectivity index (χ3n) is 3.54. The summed E-state index contributed by atoms with van der Waals surface area (Å²) in [5.41, 5.74) is 3.97. The maximum absolute atomic E-state index is 5.60. The van der Waals surface area contributed by atoms with E-state index in [4.69, 9.17) is 9.47 Å². The Balaban J connectivity index is 2.64. The number of aryl methyl sites for hydroxylation is 1. The molecule has 1 aliphatic heterocycles. The highest BCUT2D eigenvalue weighted by Gasteiger charge is 2.25. The van der Waals surface area contributed by atoms with Crippen LogP contribution in [0.1, 0.15) is 29.2 Å². The first kappa shape index (κ1) is 13.6. The second-order valence-electron chi connectivity index (χ2n) is 4.50. The molecule has 1 N–H and O–H groups in total. The summed E-state index contributed by atoms with van der Waals surface area (Å²) in [5.74, 6) is 3.95. The van der Waals surface area contributed by atoms with Crippen LogP contribution in [0.3, 0.4) is 0 Å². The Morgan fingerprint density at radius 3 is 2.72 bits per heavy atom. The van der Waals surface area contributed by atoms with E-state index in [1.54, 1.807) is 14.2 Å². The van der Waals surface area contributed by atoms with Crippen molar-refractivity contribution in [3.05, 3.63) is 22.8 Å². The van der Waals surface area contributed by atoms with Crippen molar-refractivity contribution in [3.8, 4) is 11.5 Å². The topological polar surface area (TPSA) is 30.5 Å². The van der Waals surface area contributed by atoms with E-state index in [1.165, 1.54) is 22.4 Å². The lowest BCUT2D eigenvalue weighted by molar-refractivity contribution is 0.346. The van der Waals surface area contributed by atoms with Crippen molar-refractivity contribution >= 4 is 11.8 Å². The first-order valence-corrected chi connectivity index (χ1v) is 7.37. The fraction of sp³-hybridized carbons (Fsp3) is 0.571. The van der Waals surface area contributed by atoms with Crippen molar-refractivity contribution in [1.29, 1.82) is 0 Å². The van der Waals surface area contributed by atoms with Crippen LogP contribution in [0.2, 0.25) is 0 Å². The van der Waals surface area contributed by atoms with Crippen LogP contribution in [0.25, 0.3) is 0 Å². The quantitative estimate of drug-likeness (QED) is 0.912. The summed E-state index contributed by atoms with van der Waals surface area (Å²) >= 11 is 1.99. The Bertz CT molecular complexity index is 434. The number of thioether (sulfide) groups is 1. The molecule has 100 valence electrons. The zero-order valence-electron chi connectivity index (χ0n) is 11.5. The predicted octanol–water partition coefficient (Wildman–Crippen LogP) is 2.91. The van der Waals surface area contributed by atoms with Crippen molar-refractivity contribution in [1.82, 2.24) is 5.32 Å². The molecule has 0 saturated heterocycles. The first-order chi connectivity index (χ1) is 8.72. The van der Waals surface area contributed by atoms with Gasteiger partial charge in [-0.1, -0.05) is 0 Å². The van der Waals surface area contributed by atoms with Crippen LogP contribution in [0.4, 0.5) is 0 Å². The molecule has 0 aromatic heterocycles. The number of hydrogen-bond donors (Lipinski definition) is 1. The fourth-order valence-corrected chi connectivity index (χ4v) is 3.70. The normalized spacial score (nSPS) is 19.0. The molecule has 2 rings (SSSR count). The van der Waals surface area contributed by atoms with E-state index in [0.717, 1.165) is 23.7 Å². The van der Waals surface area contributed by atoms with Crippen molar-refractivity contribution < 1.29 is 9.47 Å². The minimum absolute atomic E-state index is 0.346. The molecule has 4 heteroatoms. The van der Waals surface area contributed by atoms with Crippen LogP contribution in [0.5, 0.6) is 11.5 Å². The van der Waals surface area contributed by atoms with Gasteiger partial charge in [-0.25, -0.2) is 0 Å². The van der Waals surface area contributed by atoms with Crippen LogP contribution in [-0.4, -0.2) is 27.0 Å². The lowest BCUT2D eigenvalue weighted by Gasteiger charge is -2.23. The van der Waals surface area contributed by atoms with E-state index in [9.17, 15) is 0 Å². The summed E-state index contributed by atoms with van der Waals surface area (Å²) in [4.78, 5) is 0. The van der Waals surface area contributed by atoms with E-state index in [2.05, 4.69) is 18.3 Å². The summed E-state index contributed by atoms with van der Waals surface area (Å²) in [6.07, 6.45) is 1.12. The van der Waals surface area contributed by atoms with Crippen LogP contribution in [-0.2, 0) is 5.75 Å². The molecule has 1 unspecified atom stereocenters. The summed E-state index contributed by atoms with van der Waals surface area (Å²) in [7, 11) is 5.43. The molecule has 0 spiro atoms. The van der Waals surface area contributed by atoms with Crippen molar-refractivity contribution in [3.63, 3.8) is 0 Å². The van der Waals surface area contributed by atoms with Gasteiger partial charge < -0.3 is 14.8 Å². The monoisotopic (exact) mass is 267 g/mol. The van der Waals surface area contributed by atoms with Crippen LogP contribution in [0, 0.1) is 6.92 Å². The smallest absolute Gasteiger partial charge is 0.165 e. The number of fused-ring (bicyclic) bond motifs is 1. The van der Waals surface area contributed by atoms with E-state index in [0.29, 0.717) is 6.04 Å². The Morgan fingerprint density at radius 2 is 2.11 bits per heavy atom. The molecule has 1 aromatic carbocycles. The first-order valence-electron chi connectivity index (χ1n) is 6.22. The van der Waals surface area contributed by atoms with Crippen LogP contribution < -0.4 is 14.8 Å². The van der Waals surface area contributed by atoms with Crippen LogP contribution in [0.15, 0.2) is 6.07 Å². The van der Waals surface area contributed by atoms with E-state index >= 15 is 0 Å². The zero-order valence-corrected chi connectivity index (χ0v) is 12.3. The lowest BCUT2D eigenvalue weighted by Crippen LogP contribution is -2.19. The molecule has 0 fully saturated rings. The molecule has 0 bridgehead atoms. The highest BCUT2D eigenvalue weighted by Crippen LogP contribution is 2.43. The van der Waals surface area contributed by atoms with Gasteiger partial charge in [-0.2, -0.15) is 11.8 Å². The SMILES string of the molecule is CNC1CCSCc2c(C)cc(OC)c(OC)c21. The average molecular weight is 267 g/mol. The summed E-state index contributed by atoms with van der Waals surface area (Å²) in [6, 6.07) is 2.43. The zero-order chi connectivity index (χ0) is 13.1. The number of methoxy groups -OCH3 is 2. The van der Waals surface area contributed by atoms with Crippen molar-refractivity contribution in [2.24, 2.45) is 0 Å². The maximum Gasteiger partial charge on any atom is 0.165 e. The third-order valence-corrected chi connectivity index (χ3v) is 4.55. The van der Waals surface area contributed by atoms with E-state index in [-0.39, 0.29) is 0 Å². The Kier molecular flexibility index (Phi) is 4.40. The fourth-order valence-electron chi connectivity index (χ4n) is 2.56. The molecule has 1 atom stereocenters. The molecular weight excluding hydrogens is 246 g/mol. The molecule has 1 heterocycles. The largest absolute Gasteiger partial charge is 0.493 e. The number of rotatable bonds is 3. The molecule has 0 amide bonds. The van der Waals surface area contributed by atoms with Gasteiger partial charge in [-0.05, 0) is 43.3 Å². The molecule has 0 aliphatic carbocycles. The molecule has 1 aromatic rings. The summed E-state index contributed by atoms with van der Waals surface area (Å²) in [6.45, 7) is 2.15. The Labute approximate surface area is 113 Å². The average Bonchev–Trinajstić information content (AvgIpc) is 2.61. The number of hydrogen-bond acceptors (Lipinski definition) is 4. The van der Waals surface area contributed by atoms with Gasteiger partial charge in [0.2, 0.25) is 0 Å². The van der Waals surface area contributed by atoms with Gasteiger partial charge >= 0.3 is 0 Å².